The molecule has 25 heavy (non-hydrogen) atoms. The number of guanidine groups is 1. The Morgan fingerprint density at radius 2 is 1.96 bits per heavy atom. The average molecular weight is 467 g/mol. The van der Waals surface area contributed by atoms with Gasteiger partial charge in [-0.2, -0.15) is 0 Å². The van der Waals surface area contributed by atoms with Gasteiger partial charge in [0.05, 0.1) is 22.8 Å². The molecule has 0 fully saturated rings. The minimum atomic E-state index is 0. The van der Waals surface area contributed by atoms with Crippen LogP contribution in [0.15, 0.2) is 46.9 Å². The van der Waals surface area contributed by atoms with Crippen molar-refractivity contribution in [2.75, 3.05) is 7.05 Å². The molecule has 0 aliphatic heterocycles. The van der Waals surface area contributed by atoms with E-state index in [0.29, 0.717) is 13.1 Å². The molecule has 0 saturated heterocycles. The highest BCUT2D eigenvalue weighted by Gasteiger charge is 2.05. The Balaban J connectivity index is 0.00000225. The Labute approximate surface area is 169 Å². The Bertz CT molecular complexity index is 841. The summed E-state index contributed by atoms with van der Waals surface area (Å²) < 4.78 is 0. The molecule has 132 valence electrons. The number of aryl methyl sites for hydroxylation is 1. The SMILES string of the molecule is CCc1nc(CNC(=NC)NCc2ccnc3ccccc23)cs1.I. The summed E-state index contributed by atoms with van der Waals surface area (Å²) in [4.78, 5) is 13.2. The van der Waals surface area contributed by atoms with Crippen molar-refractivity contribution >= 4 is 52.2 Å². The van der Waals surface area contributed by atoms with E-state index in [2.05, 4.69) is 44.0 Å². The first-order valence-corrected chi connectivity index (χ1v) is 8.88. The number of aromatic nitrogens is 2. The van der Waals surface area contributed by atoms with E-state index in [9.17, 15) is 0 Å². The summed E-state index contributed by atoms with van der Waals surface area (Å²) in [6, 6.07) is 10.2. The molecule has 0 saturated carbocycles. The van der Waals surface area contributed by atoms with Crippen molar-refractivity contribution in [2.45, 2.75) is 26.4 Å². The minimum Gasteiger partial charge on any atom is -0.352 e. The van der Waals surface area contributed by atoms with E-state index >= 15 is 0 Å². The predicted molar refractivity (Wildman–Crippen MR) is 116 cm³/mol. The monoisotopic (exact) mass is 467 g/mol. The molecular formula is C18H22IN5S. The molecule has 0 radical (unpaired) electrons. The molecule has 0 unspecified atom stereocenters. The lowest BCUT2D eigenvalue weighted by Gasteiger charge is -2.12. The maximum Gasteiger partial charge on any atom is 0.191 e. The second kappa shape index (κ2) is 9.67. The van der Waals surface area contributed by atoms with Crippen molar-refractivity contribution in [2.24, 2.45) is 4.99 Å². The molecule has 0 spiro atoms. The largest absolute Gasteiger partial charge is 0.352 e. The van der Waals surface area contributed by atoms with E-state index in [0.717, 1.165) is 34.0 Å². The lowest BCUT2D eigenvalue weighted by Crippen LogP contribution is -2.36. The number of pyridine rings is 1. The van der Waals surface area contributed by atoms with Crippen molar-refractivity contribution in [1.82, 2.24) is 20.6 Å². The first-order chi connectivity index (χ1) is 11.8. The molecule has 0 bridgehead atoms. The smallest absolute Gasteiger partial charge is 0.191 e. The predicted octanol–water partition coefficient (Wildman–Crippen LogP) is 3.74. The first kappa shape index (κ1) is 19.6. The van der Waals surface area contributed by atoms with Gasteiger partial charge >= 0.3 is 0 Å². The maximum absolute atomic E-state index is 4.56. The molecule has 2 aromatic heterocycles. The number of thiazole rings is 1. The lowest BCUT2D eigenvalue weighted by molar-refractivity contribution is 0.797. The van der Waals surface area contributed by atoms with Crippen LogP contribution in [0.25, 0.3) is 10.9 Å². The van der Waals surface area contributed by atoms with Crippen LogP contribution in [-0.2, 0) is 19.5 Å². The summed E-state index contributed by atoms with van der Waals surface area (Å²) in [7, 11) is 1.78. The highest BCUT2D eigenvalue weighted by Crippen LogP contribution is 2.15. The molecular weight excluding hydrogens is 445 g/mol. The second-order valence-electron chi connectivity index (χ2n) is 5.35. The summed E-state index contributed by atoms with van der Waals surface area (Å²) >= 11 is 1.70. The highest BCUT2D eigenvalue weighted by molar-refractivity contribution is 14.0. The van der Waals surface area contributed by atoms with Gasteiger partial charge in [-0.3, -0.25) is 9.98 Å². The number of rotatable bonds is 5. The summed E-state index contributed by atoms with van der Waals surface area (Å²) in [5.74, 6) is 0.766. The third-order valence-corrected chi connectivity index (χ3v) is 4.79. The first-order valence-electron chi connectivity index (χ1n) is 8.00. The van der Waals surface area contributed by atoms with Crippen LogP contribution in [0.3, 0.4) is 0 Å². The quantitative estimate of drug-likeness (QED) is 0.341. The molecule has 7 heteroatoms. The topological polar surface area (TPSA) is 62.2 Å². The van der Waals surface area contributed by atoms with E-state index in [1.807, 2.05) is 30.5 Å². The van der Waals surface area contributed by atoms with Gasteiger partial charge in [0.15, 0.2) is 5.96 Å². The average Bonchev–Trinajstić information content (AvgIpc) is 3.10. The van der Waals surface area contributed by atoms with E-state index in [1.54, 1.807) is 18.4 Å². The number of benzene rings is 1. The van der Waals surface area contributed by atoms with Crippen LogP contribution in [0.5, 0.6) is 0 Å². The maximum atomic E-state index is 4.56. The normalized spacial score (nSPS) is 11.2. The van der Waals surface area contributed by atoms with Gasteiger partial charge in [-0.05, 0) is 24.1 Å². The lowest BCUT2D eigenvalue weighted by atomic mass is 10.1. The van der Waals surface area contributed by atoms with Crippen LogP contribution in [0, 0.1) is 0 Å². The van der Waals surface area contributed by atoms with Gasteiger partial charge in [-0.25, -0.2) is 4.98 Å². The van der Waals surface area contributed by atoms with Crippen molar-refractivity contribution in [1.29, 1.82) is 0 Å². The Morgan fingerprint density at radius 3 is 2.72 bits per heavy atom. The van der Waals surface area contributed by atoms with E-state index in [-0.39, 0.29) is 24.0 Å². The molecule has 0 atom stereocenters. The molecule has 0 aliphatic rings. The molecule has 3 aromatic rings. The second-order valence-corrected chi connectivity index (χ2v) is 6.30. The summed E-state index contributed by atoms with van der Waals surface area (Å²) in [6.45, 7) is 3.49. The van der Waals surface area contributed by atoms with Crippen LogP contribution >= 0.6 is 35.3 Å². The fraction of sp³-hybridized carbons (Fsp3) is 0.278. The number of hydrogen-bond donors (Lipinski definition) is 2. The fourth-order valence-corrected chi connectivity index (χ4v) is 3.22. The Morgan fingerprint density at radius 1 is 1.16 bits per heavy atom. The molecule has 0 amide bonds. The number of para-hydroxylation sites is 1. The number of halogens is 1. The van der Waals surface area contributed by atoms with Crippen LogP contribution in [0.1, 0.15) is 23.2 Å². The van der Waals surface area contributed by atoms with Crippen LogP contribution in [0.2, 0.25) is 0 Å². The third-order valence-electron chi connectivity index (χ3n) is 3.75. The van der Waals surface area contributed by atoms with Crippen molar-refractivity contribution < 1.29 is 0 Å². The van der Waals surface area contributed by atoms with Gasteiger partial charge in [-0.15, -0.1) is 35.3 Å². The van der Waals surface area contributed by atoms with E-state index in [1.165, 1.54) is 5.56 Å². The van der Waals surface area contributed by atoms with Gasteiger partial charge in [0.25, 0.3) is 0 Å². The summed E-state index contributed by atoms with van der Waals surface area (Å²) in [6.07, 6.45) is 2.82. The Kier molecular flexibility index (Phi) is 7.57. The molecule has 5 nitrogen and oxygen atoms in total. The van der Waals surface area contributed by atoms with Gasteiger partial charge in [-0.1, -0.05) is 25.1 Å². The number of aliphatic imine (C=N–C) groups is 1. The molecule has 1 aromatic carbocycles. The van der Waals surface area contributed by atoms with Crippen molar-refractivity contribution in [3.05, 3.63) is 58.2 Å². The number of nitrogens with one attached hydrogen (secondary N) is 2. The standard InChI is InChI=1S/C18H21N5S.HI/c1-3-17-23-14(12-24-17)11-22-18(19-2)21-10-13-8-9-20-16-7-5-4-6-15(13)16;/h4-9,12H,3,10-11H2,1-2H3,(H2,19,21,22);1H. The van der Waals surface area contributed by atoms with E-state index < -0.39 is 0 Å². The summed E-state index contributed by atoms with van der Waals surface area (Å²) in [5.41, 5.74) is 3.26. The van der Waals surface area contributed by atoms with Crippen LogP contribution < -0.4 is 10.6 Å². The van der Waals surface area contributed by atoms with Gasteiger partial charge in [0, 0.05) is 30.6 Å². The molecule has 2 N–H and O–H groups in total. The van der Waals surface area contributed by atoms with Gasteiger partial charge in [0.2, 0.25) is 0 Å². The minimum absolute atomic E-state index is 0. The van der Waals surface area contributed by atoms with Crippen LogP contribution in [0.4, 0.5) is 0 Å². The third kappa shape index (κ3) is 5.12. The zero-order valence-corrected chi connectivity index (χ0v) is 17.5. The number of hydrogen-bond acceptors (Lipinski definition) is 4. The Hall–Kier alpha value is -1.74. The fourth-order valence-electron chi connectivity index (χ4n) is 2.48. The summed E-state index contributed by atoms with van der Waals surface area (Å²) in [5, 5.41) is 11.1. The van der Waals surface area contributed by atoms with Gasteiger partial charge in [0.1, 0.15) is 0 Å². The number of nitrogens with zero attached hydrogens (tertiary/aromatic N) is 3. The van der Waals surface area contributed by atoms with Crippen molar-refractivity contribution in [3.63, 3.8) is 0 Å². The van der Waals surface area contributed by atoms with E-state index in [4.69, 9.17) is 0 Å². The number of fused-ring (bicyclic) bond motifs is 1. The van der Waals surface area contributed by atoms with Gasteiger partial charge < -0.3 is 10.6 Å². The molecule has 0 aliphatic carbocycles. The molecule has 2 heterocycles. The van der Waals surface area contributed by atoms with Crippen molar-refractivity contribution in [3.8, 4) is 0 Å². The van der Waals surface area contributed by atoms with Crippen LogP contribution in [-0.4, -0.2) is 23.0 Å². The zero-order chi connectivity index (χ0) is 16.8. The highest BCUT2D eigenvalue weighted by atomic mass is 127. The molecule has 3 rings (SSSR count). The zero-order valence-electron chi connectivity index (χ0n) is 14.3.